The molecule has 0 aromatic carbocycles. The summed E-state index contributed by atoms with van der Waals surface area (Å²) in [5.41, 5.74) is 0. The SMILES string of the molecule is Cc1nc(CCC2CCN(S(=O)(=O)C(C)C)CC2)no1. The molecule has 1 aliphatic rings. The first-order valence-corrected chi connectivity index (χ1v) is 8.68. The Bertz CT molecular complexity index is 531. The minimum absolute atomic E-state index is 0.332. The summed E-state index contributed by atoms with van der Waals surface area (Å²) in [6.07, 6.45) is 3.64. The van der Waals surface area contributed by atoms with Crippen LogP contribution in [0, 0.1) is 12.8 Å². The van der Waals surface area contributed by atoms with Crippen LogP contribution in [0.1, 0.15) is 44.8 Å². The topological polar surface area (TPSA) is 76.3 Å². The van der Waals surface area contributed by atoms with Gasteiger partial charge in [0.25, 0.3) is 0 Å². The third-order valence-electron chi connectivity index (χ3n) is 3.87. The summed E-state index contributed by atoms with van der Waals surface area (Å²) >= 11 is 0. The normalized spacial score (nSPS) is 18.8. The van der Waals surface area contributed by atoms with E-state index in [1.807, 2.05) is 0 Å². The third-order valence-corrected chi connectivity index (χ3v) is 6.15. The van der Waals surface area contributed by atoms with Gasteiger partial charge in [-0.25, -0.2) is 12.7 Å². The van der Waals surface area contributed by atoms with Crippen LogP contribution in [0.3, 0.4) is 0 Å². The van der Waals surface area contributed by atoms with Crippen LogP contribution in [0.4, 0.5) is 0 Å². The zero-order chi connectivity index (χ0) is 14.8. The lowest BCUT2D eigenvalue weighted by molar-refractivity contribution is 0.261. The van der Waals surface area contributed by atoms with Gasteiger partial charge < -0.3 is 4.52 Å². The van der Waals surface area contributed by atoms with Gasteiger partial charge in [0.15, 0.2) is 5.82 Å². The van der Waals surface area contributed by atoms with Crippen LogP contribution >= 0.6 is 0 Å². The standard InChI is InChI=1S/C13H23N3O3S/c1-10(2)20(17,18)16-8-6-12(7-9-16)4-5-13-14-11(3)19-15-13/h10,12H,4-9H2,1-3H3. The van der Waals surface area contributed by atoms with Crippen molar-refractivity contribution < 1.29 is 12.9 Å². The molecule has 0 spiro atoms. The molecular formula is C13H23N3O3S. The average molecular weight is 301 g/mol. The van der Waals surface area contributed by atoms with Crippen molar-refractivity contribution in [3.8, 4) is 0 Å². The van der Waals surface area contributed by atoms with Gasteiger partial charge in [0, 0.05) is 26.4 Å². The zero-order valence-electron chi connectivity index (χ0n) is 12.4. The lowest BCUT2D eigenvalue weighted by Crippen LogP contribution is -2.41. The van der Waals surface area contributed by atoms with E-state index in [0.717, 1.165) is 31.5 Å². The molecule has 1 aliphatic heterocycles. The van der Waals surface area contributed by atoms with E-state index in [1.165, 1.54) is 0 Å². The number of hydrogen-bond acceptors (Lipinski definition) is 5. The summed E-state index contributed by atoms with van der Waals surface area (Å²) in [6.45, 7) is 6.53. The van der Waals surface area contributed by atoms with Gasteiger partial charge >= 0.3 is 0 Å². The van der Waals surface area contributed by atoms with Gasteiger partial charge in [-0.2, -0.15) is 4.98 Å². The highest BCUT2D eigenvalue weighted by atomic mass is 32.2. The smallest absolute Gasteiger partial charge is 0.223 e. The maximum absolute atomic E-state index is 12.1. The van der Waals surface area contributed by atoms with Gasteiger partial charge in [0.2, 0.25) is 15.9 Å². The minimum atomic E-state index is -3.09. The minimum Gasteiger partial charge on any atom is -0.340 e. The average Bonchev–Trinajstić information content (AvgIpc) is 2.82. The number of piperidine rings is 1. The molecule has 20 heavy (non-hydrogen) atoms. The molecular weight excluding hydrogens is 278 g/mol. The van der Waals surface area contributed by atoms with E-state index in [9.17, 15) is 8.42 Å². The second-order valence-electron chi connectivity index (χ2n) is 5.70. The summed E-state index contributed by atoms with van der Waals surface area (Å²) in [7, 11) is -3.09. The van der Waals surface area contributed by atoms with Gasteiger partial charge in [-0.05, 0) is 39.0 Å². The van der Waals surface area contributed by atoms with Gasteiger partial charge in [-0.3, -0.25) is 0 Å². The van der Waals surface area contributed by atoms with E-state index in [1.54, 1.807) is 25.1 Å². The highest BCUT2D eigenvalue weighted by molar-refractivity contribution is 7.89. The van der Waals surface area contributed by atoms with Crippen LogP contribution in [0.2, 0.25) is 0 Å². The molecule has 0 bridgehead atoms. The van der Waals surface area contributed by atoms with E-state index >= 15 is 0 Å². The summed E-state index contributed by atoms with van der Waals surface area (Å²) in [5.74, 6) is 1.89. The highest BCUT2D eigenvalue weighted by Gasteiger charge is 2.30. The first-order chi connectivity index (χ1) is 9.39. The number of sulfonamides is 1. The second-order valence-corrected chi connectivity index (χ2v) is 8.19. The third kappa shape index (κ3) is 3.58. The van der Waals surface area contributed by atoms with Gasteiger partial charge in [0.05, 0.1) is 5.25 Å². The number of nitrogens with zero attached hydrogens (tertiary/aromatic N) is 3. The largest absolute Gasteiger partial charge is 0.340 e. The maximum Gasteiger partial charge on any atom is 0.223 e. The summed E-state index contributed by atoms with van der Waals surface area (Å²) in [6, 6.07) is 0. The van der Waals surface area contributed by atoms with Crippen molar-refractivity contribution in [2.24, 2.45) is 5.92 Å². The van der Waals surface area contributed by atoms with Crippen molar-refractivity contribution in [3.05, 3.63) is 11.7 Å². The van der Waals surface area contributed by atoms with Crippen LogP contribution in [0.5, 0.6) is 0 Å². The summed E-state index contributed by atoms with van der Waals surface area (Å²) < 4.78 is 30.7. The number of rotatable bonds is 5. The Balaban J connectivity index is 1.80. The van der Waals surface area contributed by atoms with Crippen molar-refractivity contribution in [1.29, 1.82) is 0 Å². The predicted molar refractivity (Wildman–Crippen MR) is 75.7 cm³/mol. The molecule has 2 rings (SSSR count). The fourth-order valence-electron chi connectivity index (χ4n) is 2.53. The molecule has 1 aromatic rings. The van der Waals surface area contributed by atoms with E-state index < -0.39 is 10.0 Å². The van der Waals surface area contributed by atoms with E-state index in [-0.39, 0.29) is 5.25 Å². The molecule has 114 valence electrons. The molecule has 1 saturated heterocycles. The monoisotopic (exact) mass is 301 g/mol. The van der Waals surface area contributed by atoms with Crippen LogP contribution in [0.25, 0.3) is 0 Å². The molecule has 0 atom stereocenters. The van der Waals surface area contributed by atoms with Crippen LogP contribution in [-0.2, 0) is 16.4 Å². The number of aromatic nitrogens is 2. The zero-order valence-corrected chi connectivity index (χ0v) is 13.2. The Kier molecular flexibility index (Phi) is 4.80. The molecule has 0 aliphatic carbocycles. The van der Waals surface area contributed by atoms with Gasteiger partial charge in [-0.1, -0.05) is 5.16 Å². The molecule has 0 radical (unpaired) electrons. The van der Waals surface area contributed by atoms with Crippen LogP contribution < -0.4 is 0 Å². The van der Waals surface area contributed by atoms with Crippen LogP contribution in [0.15, 0.2) is 4.52 Å². The molecule has 0 N–H and O–H groups in total. The molecule has 1 aromatic heterocycles. The predicted octanol–water partition coefficient (Wildman–Crippen LogP) is 1.76. The second kappa shape index (κ2) is 6.22. The molecule has 0 saturated carbocycles. The summed E-state index contributed by atoms with van der Waals surface area (Å²) in [4.78, 5) is 4.19. The first-order valence-electron chi connectivity index (χ1n) is 7.17. The Hall–Kier alpha value is -0.950. The van der Waals surface area contributed by atoms with Crippen molar-refractivity contribution in [2.45, 2.75) is 51.7 Å². The van der Waals surface area contributed by atoms with E-state index in [0.29, 0.717) is 24.9 Å². The number of aryl methyl sites for hydroxylation is 2. The fourth-order valence-corrected chi connectivity index (χ4v) is 3.84. The van der Waals surface area contributed by atoms with Crippen molar-refractivity contribution >= 4 is 10.0 Å². The molecule has 0 unspecified atom stereocenters. The van der Waals surface area contributed by atoms with Crippen LogP contribution in [-0.4, -0.2) is 41.2 Å². The fraction of sp³-hybridized carbons (Fsp3) is 0.846. The van der Waals surface area contributed by atoms with E-state index in [2.05, 4.69) is 10.1 Å². The van der Waals surface area contributed by atoms with Gasteiger partial charge in [0.1, 0.15) is 0 Å². The maximum atomic E-state index is 12.1. The summed E-state index contributed by atoms with van der Waals surface area (Å²) in [5, 5.41) is 3.55. The molecule has 2 heterocycles. The lowest BCUT2D eigenvalue weighted by Gasteiger charge is -2.32. The molecule has 7 heteroatoms. The molecule has 0 amide bonds. The Morgan fingerprint density at radius 2 is 2.00 bits per heavy atom. The van der Waals surface area contributed by atoms with E-state index in [4.69, 9.17) is 4.52 Å². The van der Waals surface area contributed by atoms with Gasteiger partial charge in [-0.15, -0.1) is 0 Å². The highest BCUT2D eigenvalue weighted by Crippen LogP contribution is 2.24. The first kappa shape index (κ1) is 15.4. The molecule has 1 fully saturated rings. The quantitative estimate of drug-likeness (QED) is 0.828. The van der Waals surface area contributed by atoms with Crippen molar-refractivity contribution in [1.82, 2.24) is 14.4 Å². The lowest BCUT2D eigenvalue weighted by atomic mass is 9.93. The number of hydrogen-bond donors (Lipinski definition) is 0. The van der Waals surface area contributed by atoms with Crippen molar-refractivity contribution in [2.75, 3.05) is 13.1 Å². The van der Waals surface area contributed by atoms with Crippen molar-refractivity contribution in [3.63, 3.8) is 0 Å². The Morgan fingerprint density at radius 1 is 1.35 bits per heavy atom. The Labute approximate surface area is 120 Å². The molecule has 6 nitrogen and oxygen atoms in total. The Morgan fingerprint density at radius 3 is 2.50 bits per heavy atom.